The third kappa shape index (κ3) is 8.73. The van der Waals surface area contributed by atoms with Crippen LogP contribution in [0.15, 0.2) is 34.9 Å². The zero-order valence-electron chi connectivity index (χ0n) is 18.4. The Labute approximate surface area is 189 Å². The van der Waals surface area contributed by atoms with Crippen molar-refractivity contribution in [3.63, 3.8) is 0 Å². The van der Waals surface area contributed by atoms with Crippen molar-refractivity contribution in [1.29, 1.82) is 0 Å². The van der Waals surface area contributed by atoms with Crippen molar-refractivity contribution in [2.75, 3.05) is 45.8 Å². The molecule has 0 aliphatic rings. The number of carbonyl (C=O) groups is 2. The third-order valence-corrected chi connectivity index (χ3v) is 4.43. The number of nitrogens with zero attached hydrogens (tertiary/aromatic N) is 2. The smallest absolute Gasteiger partial charge is 0.416 e. The van der Waals surface area contributed by atoms with Crippen molar-refractivity contribution in [3.8, 4) is 0 Å². The van der Waals surface area contributed by atoms with Crippen LogP contribution < -0.4 is 10.6 Å². The van der Waals surface area contributed by atoms with Crippen molar-refractivity contribution in [3.05, 3.63) is 47.7 Å². The largest absolute Gasteiger partial charge is 0.446 e. The maximum absolute atomic E-state index is 12.9. The predicted molar refractivity (Wildman–Crippen MR) is 113 cm³/mol. The molecule has 0 unspecified atom stereocenters. The first-order valence-corrected chi connectivity index (χ1v) is 10.2. The number of benzene rings is 1. The second-order valence-corrected chi connectivity index (χ2v) is 7.01. The second-order valence-electron chi connectivity index (χ2n) is 7.01. The van der Waals surface area contributed by atoms with E-state index in [2.05, 4.69) is 15.6 Å². The molecule has 0 saturated carbocycles. The van der Waals surface area contributed by atoms with Crippen LogP contribution in [0.5, 0.6) is 0 Å². The van der Waals surface area contributed by atoms with E-state index < -0.39 is 23.7 Å². The molecule has 3 amide bonds. The van der Waals surface area contributed by atoms with Gasteiger partial charge in [-0.05, 0) is 31.0 Å². The lowest BCUT2D eigenvalue weighted by Gasteiger charge is -2.22. The fraction of sp³-hybridized carbons (Fsp3) is 0.476. The number of aromatic nitrogens is 1. The predicted octanol–water partition coefficient (Wildman–Crippen LogP) is 3.53. The van der Waals surface area contributed by atoms with E-state index in [4.69, 9.17) is 13.9 Å². The van der Waals surface area contributed by atoms with Gasteiger partial charge in [-0.2, -0.15) is 13.2 Å². The molecule has 9 nitrogen and oxygen atoms in total. The van der Waals surface area contributed by atoms with E-state index in [1.807, 2.05) is 0 Å². The molecule has 1 aromatic carbocycles. The molecule has 0 saturated heterocycles. The van der Waals surface area contributed by atoms with Gasteiger partial charge in [0.15, 0.2) is 5.69 Å². The van der Waals surface area contributed by atoms with Crippen LogP contribution >= 0.6 is 0 Å². The van der Waals surface area contributed by atoms with E-state index in [9.17, 15) is 22.8 Å². The number of alkyl halides is 3. The van der Waals surface area contributed by atoms with Crippen LogP contribution in [0.2, 0.25) is 0 Å². The van der Waals surface area contributed by atoms with Crippen LogP contribution in [0.3, 0.4) is 0 Å². The molecule has 0 bridgehead atoms. The number of ether oxygens (including phenoxy) is 2. The highest BCUT2D eigenvalue weighted by atomic mass is 19.4. The summed E-state index contributed by atoms with van der Waals surface area (Å²) in [7, 11) is 3.08. The minimum Gasteiger partial charge on any atom is -0.446 e. The number of hydrogen-bond donors (Lipinski definition) is 2. The first-order valence-electron chi connectivity index (χ1n) is 10.2. The van der Waals surface area contributed by atoms with Crippen LogP contribution in [-0.2, 0) is 22.2 Å². The van der Waals surface area contributed by atoms with E-state index in [-0.39, 0.29) is 30.4 Å². The fourth-order valence-electron chi connectivity index (χ4n) is 2.79. The molecular formula is C21H27F3N4O5. The maximum atomic E-state index is 12.9. The fourth-order valence-corrected chi connectivity index (χ4v) is 2.79. The van der Waals surface area contributed by atoms with E-state index in [1.54, 1.807) is 7.11 Å². The number of oxazole rings is 1. The number of amides is 3. The number of nitrogens with one attached hydrogen (secondary N) is 2. The van der Waals surface area contributed by atoms with Gasteiger partial charge in [-0.25, -0.2) is 9.78 Å². The molecule has 33 heavy (non-hydrogen) atoms. The van der Waals surface area contributed by atoms with Gasteiger partial charge in [0.25, 0.3) is 5.91 Å². The van der Waals surface area contributed by atoms with Crippen LogP contribution in [0.4, 0.5) is 23.7 Å². The van der Waals surface area contributed by atoms with Crippen molar-refractivity contribution in [2.45, 2.75) is 25.6 Å². The second kappa shape index (κ2) is 12.8. The summed E-state index contributed by atoms with van der Waals surface area (Å²) in [4.78, 5) is 30.3. The summed E-state index contributed by atoms with van der Waals surface area (Å²) in [6.07, 6.45) is -2.24. The zero-order chi connectivity index (χ0) is 24.3. The average molecular weight is 472 g/mol. The minimum absolute atomic E-state index is 0.00454. The highest BCUT2D eigenvalue weighted by Crippen LogP contribution is 2.30. The molecule has 1 heterocycles. The van der Waals surface area contributed by atoms with Crippen LogP contribution in [-0.4, -0.2) is 62.3 Å². The van der Waals surface area contributed by atoms with Crippen molar-refractivity contribution in [2.24, 2.45) is 0 Å². The standard InChI is InChI=1S/C21H27F3N4O5/c1-31-10-4-8-25-19(29)17-14-33-18(27-17)13-28(9-5-11-32-2)20(30)26-16-7-3-6-15(12-16)21(22,23)24/h3,6-7,12,14H,4-5,8-11,13H2,1-2H3,(H,25,29)(H,26,30). The third-order valence-electron chi connectivity index (χ3n) is 4.43. The Balaban J connectivity index is 2.05. The van der Waals surface area contributed by atoms with Crippen molar-refractivity contribution in [1.82, 2.24) is 15.2 Å². The molecule has 0 atom stereocenters. The monoisotopic (exact) mass is 472 g/mol. The summed E-state index contributed by atoms with van der Waals surface area (Å²) in [5.41, 5.74) is -0.826. The lowest BCUT2D eigenvalue weighted by molar-refractivity contribution is -0.137. The molecule has 0 aliphatic heterocycles. The summed E-state index contributed by atoms with van der Waals surface area (Å²) in [5.74, 6) is -0.325. The Morgan fingerprint density at radius 1 is 1.15 bits per heavy atom. The molecule has 182 valence electrons. The average Bonchev–Trinajstić information content (AvgIpc) is 3.24. The summed E-state index contributed by atoms with van der Waals surface area (Å²) in [6, 6.07) is 3.69. The summed E-state index contributed by atoms with van der Waals surface area (Å²) in [6.45, 7) is 1.40. The highest BCUT2D eigenvalue weighted by molar-refractivity contribution is 5.92. The molecule has 2 rings (SSSR count). The first kappa shape index (κ1) is 26.1. The number of anilines is 1. The van der Waals surface area contributed by atoms with Crippen molar-refractivity contribution < 1.29 is 36.7 Å². The van der Waals surface area contributed by atoms with E-state index >= 15 is 0 Å². The molecule has 0 spiro atoms. The van der Waals surface area contributed by atoms with Gasteiger partial charge < -0.3 is 29.4 Å². The molecule has 0 fully saturated rings. The summed E-state index contributed by atoms with van der Waals surface area (Å²) >= 11 is 0. The van der Waals surface area contributed by atoms with Crippen LogP contribution in [0.1, 0.15) is 34.8 Å². The van der Waals surface area contributed by atoms with Gasteiger partial charge in [-0.15, -0.1) is 0 Å². The normalized spacial score (nSPS) is 11.3. The first-order chi connectivity index (χ1) is 15.7. The molecule has 2 aromatic rings. The van der Waals surface area contributed by atoms with Gasteiger partial charge in [-0.1, -0.05) is 6.07 Å². The Kier molecular flexibility index (Phi) is 10.1. The van der Waals surface area contributed by atoms with Gasteiger partial charge in [0.05, 0.1) is 12.1 Å². The Morgan fingerprint density at radius 2 is 1.88 bits per heavy atom. The Hall–Kier alpha value is -3.12. The Morgan fingerprint density at radius 3 is 2.58 bits per heavy atom. The SMILES string of the molecule is COCCCNC(=O)c1coc(CN(CCCOC)C(=O)Nc2cccc(C(F)(F)F)c2)n1. The van der Waals surface area contributed by atoms with Crippen molar-refractivity contribution >= 4 is 17.6 Å². The van der Waals surface area contributed by atoms with Gasteiger partial charge in [-0.3, -0.25) is 4.79 Å². The summed E-state index contributed by atoms with van der Waals surface area (Å²) in [5, 5.41) is 5.13. The van der Waals surface area contributed by atoms with Gasteiger partial charge in [0.2, 0.25) is 5.89 Å². The summed E-state index contributed by atoms with van der Waals surface area (Å²) < 4.78 is 54.1. The maximum Gasteiger partial charge on any atom is 0.416 e. The lowest BCUT2D eigenvalue weighted by Crippen LogP contribution is -2.36. The van der Waals surface area contributed by atoms with E-state index in [0.29, 0.717) is 32.6 Å². The molecule has 0 aliphatic carbocycles. The molecular weight excluding hydrogens is 445 g/mol. The van der Waals surface area contributed by atoms with Crippen LogP contribution in [0, 0.1) is 0 Å². The number of halogens is 3. The van der Waals surface area contributed by atoms with E-state index in [0.717, 1.165) is 12.1 Å². The highest BCUT2D eigenvalue weighted by Gasteiger charge is 2.30. The number of rotatable bonds is 12. The number of methoxy groups -OCH3 is 2. The van der Waals surface area contributed by atoms with Crippen LogP contribution in [0.25, 0.3) is 0 Å². The lowest BCUT2D eigenvalue weighted by atomic mass is 10.2. The molecule has 12 heteroatoms. The quantitative estimate of drug-likeness (QED) is 0.458. The zero-order valence-corrected chi connectivity index (χ0v) is 18.4. The number of hydrogen-bond acceptors (Lipinski definition) is 6. The van der Waals surface area contributed by atoms with Gasteiger partial charge >= 0.3 is 12.2 Å². The van der Waals surface area contributed by atoms with Gasteiger partial charge in [0, 0.05) is 46.2 Å². The molecule has 0 radical (unpaired) electrons. The topological polar surface area (TPSA) is 106 Å². The molecule has 2 N–H and O–H groups in total. The molecule has 1 aromatic heterocycles. The number of urea groups is 1. The minimum atomic E-state index is -4.53. The number of carbonyl (C=O) groups excluding carboxylic acids is 2. The van der Waals surface area contributed by atoms with E-state index in [1.165, 1.54) is 30.4 Å². The Bertz CT molecular complexity index is 904. The van der Waals surface area contributed by atoms with Gasteiger partial charge in [0.1, 0.15) is 6.26 Å².